The quantitative estimate of drug-likeness (QED) is 0.839. The van der Waals surface area contributed by atoms with Crippen molar-refractivity contribution in [2.24, 2.45) is 7.05 Å². The smallest absolute Gasteiger partial charge is 0.131 e. The number of hydrogen-bond acceptors (Lipinski definition) is 5. The second-order valence-corrected chi connectivity index (χ2v) is 4.66. The summed E-state index contributed by atoms with van der Waals surface area (Å²) in [4.78, 5) is 9.92. The summed E-state index contributed by atoms with van der Waals surface area (Å²) in [6, 6.07) is 1.94. The number of hydrogen-bond donors (Lipinski definition) is 1. The van der Waals surface area contributed by atoms with Gasteiger partial charge in [0.15, 0.2) is 0 Å². The number of aromatic nitrogens is 4. The van der Waals surface area contributed by atoms with Gasteiger partial charge in [-0.1, -0.05) is 18.7 Å². The third-order valence-corrected chi connectivity index (χ3v) is 3.09. The van der Waals surface area contributed by atoms with Crippen LogP contribution in [0, 0.1) is 0 Å². The van der Waals surface area contributed by atoms with Crippen molar-refractivity contribution < 1.29 is 0 Å². The van der Waals surface area contributed by atoms with Gasteiger partial charge in [-0.05, 0) is 0 Å². The van der Waals surface area contributed by atoms with Crippen LogP contribution < -0.4 is 5.32 Å². The van der Waals surface area contributed by atoms with Gasteiger partial charge in [0.1, 0.15) is 16.7 Å². The van der Waals surface area contributed by atoms with Gasteiger partial charge in [-0.2, -0.15) is 5.10 Å². The molecular formula is C11H15N5S. The van der Waals surface area contributed by atoms with E-state index in [4.69, 9.17) is 0 Å². The van der Waals surface area contributed by atoms with Crippen LogP contribution in [0.3, 0.4) is 0 Å². The van der Waals surface area contributed by atoms with E-state index in [2.05, 4.69) is 20.4 Å². The topological polar surface area (TPSA) is 55.6 Å². The Morgan fingerprint density at radius 2 is 2.24 bits per heavy atom. The zero-order valence-corrected chi connectivity index (χ0v) is 11.0. The zero-order valence-electron chi connectivity index (χ0n) is 10.1. The van der Waals surface area contributed by atoms with Crippen LogP contribution in [0.2, 0.25) is 0 Å². The molecule has 0 aliphatic rings. The number of anilines is 1. The van der Waals surface area contributed by atoms with Crippen molar-refractivity contribution in [3.8, 4) is 0 Å². The van der Waals surface area contributed by atoms with Crippen LogP contribution in [0.15, 0.2) is 28.4 Å². The Labute approximate surface area is 105 Å². The van der Waals surface area contributed by atoms with Crippen molar-refractivity contribution in [1.82, 2.24) is 19.7 Å². The van der Waals surface area contributed by atoms with Crippen LogP contribution in [0.1, 0.15) is 12.7 Å². The van der Waals surface area contributed by atoms with Crippen LogP contribution in [0.25, 0.3) is 0 Å². The van der Waals surface area contributed by atoms with Crippen LogP contribution in [-0.2, 0) is 13.5 Å². The van der Waals surface area contributed by atoms with E-state index in [0.717, 1.165) is 28.0 Å². The predicted molar refractivity (Wildman–Crippen MR) is 68.3 cm³/mol. The molecule has 0 aliphatic carbocycles. The van der Waals surface area contributed by atoms with Crippen molar-refractivity contribution >= 4 is 17.6 Å². The van der Waals surface area contributed by atoms with Crippen molar-refractivity contribution in [2.75, 3.05) is 12.4 Å². The molecule has 0 saturated heterocycles. The molecule has 0 aliphatic heterocycles. The van der Waals surface area contributed by atoms with Gasteiger partial charge >= 0.3 is 0 Å². The van der Waals surface area contributed by atoms with Crippen LogP contribution >= 0.6 is 11.8 Å². The predicted octanol–water partition coefficient (Wildman–Crippen LogP) is 1.97. The molecule has 17 heavy (non-hydrogen) atoms. The third-order valence-electron chi connectivity index (χ3n) is 2.22. The van der Waals surface area contributed by atoms with Crippen LogP contribution in [0.4, 0.5) is 5.82 Å². The summed E-state index contributed by atoms with van der Waals surface area (Å²) >= 11 is 1.59. The average Bonchev–Trinajstić information content (AvgIpc) is 2.74. The van der Waals surface area contributed by atoms with Gasteiger partial charge in [-0.25, -0.2) is 9.97 Å². The standard InChI is InChI=1S/C11H15N5S/c1-4-9-14-10(12-2)5-11(15-9)17-8-6-13-16(3)7-8/h5-7H,4H2,1-3H3,(H,12,14,15). The number of nitrogens with one attached hydrogen (secondary N) is 1. The van der Waals surface area contributed by atoms with Crippen LogP contribution in [0.5, 0.6) is 0 Å². The minimum absolute atomic E-state index is 0.829. The molecule has 0 amide bonds. The lowest BCUT2D eigenvalue weighted by Crippen LogP contribution is -1.99. The molecule has 2 aromatic rings. The number of rotatable bonds is 4. The Bertz CT molecular complexity index is 486. The maximum Gasteiger partial charge on any atom is 0.131 e. The highest BCUT2D eigenvalue weighted by molar-refractivity contribution is 7.99. The third kappa shape index (κ3) is 2.97. The first-order valence-electron chi connectivity index (χ1n) is 5.43. The molecule has 2 rings (SSSR count). The van der Waals surface area contributed by atoms with Crippen molar-refractivity contribution in [3.05, 3.63) is 24.3 Å². The summed E-state index contributed by atoms with van der Waals surface area (Å²) in [7, 11) is 3.76. The van der Waals surface area contributed by atoms with Crippen molar-refractivity contribution in [1.29, 1.82) is 0 Å². The molecule has 0 spiro atoms. The highest BCUT2D eigenvalue weighted by Gasteiger charge is 2.05. The van der Waals surface area contributed by atoms with E-state index in [0.29, 0.717) is 0 Å². The first-order chi connectivity index (χ1) is 8.21. The second kappa shape index (κ2) is 5.18. The van der Waals surface area contributed by atoms with E-state index in [9.17, 15) is 0 Å². The molecule has 6 heteroatoms. The highest BCUT2D eigenvalue weighted by Crippen LogP contribution is 2.26. The normalized spacial score (nSPS) is 10.5. The summed E-state index contributed by atoms with van der Waals surface area (Å²) in [5, 5.41) is 8.12. The summed E-state index contributed by atoms with van der Waals surface area (Å²) in [6.45, 7) is 2.05. The molecule has 0 fully saturated rings. The van der Waals surface area contributed by atoms with Gasteiger partial charge in [0.2, 0.25) is 0 Å². The molecular weight excluding hydrogens is 234 g/mol. The molecule has 0 atom stereocenters. The summed E-state index contributed by atoms with van der Waals surface area (Å²) in [5.74, 6) is 1.70. The fourth-order valence-electron chi connectivity index (χ4n) is 1.38. The lowest BCUT2D eigenvalue weighted by atomic mass is 10.4. The second-order valence-electron chi connectivity index (χ2n) is 3.56. The summed E-state index contributed by atoms with van der Waals surface area (Å²) in [6.07, 6.45) is 4.63. The van der Waals surface area contributed by atoms with Gasteiger partial charge in [-0.15, -0.1) is 0 Å². The van der Waals surface area contributed by atoms with E-state index in [-0.39, 0.29) is 0 Å². The fourth-order valence-corrected chi connectivity index (χ4v) is 2.25. The Kier molecular flexibility index (Phi) is 3.63. The van der Waals surface area contributed by atoms with E-state index >= 15 is 0 Å². The lowest BCUT2D eigenvalue weighted by molar-refractivity contribution is 0.766. The molecule has 0 radical (unpaired) electrons. The van der Waals surface area contributed by atoms with Gasteiger partial charge in [0.05, 0.1) is 11.1 Å². The Morgan fingerprint density at radius 1 is 1.41 bits per heavy atom. The first-order valence-corrected chi connectivity index (χ1v) is 6.25. The van der Waals surface area contributed by atoms with Gasteiger partial charge in [-0.3, -0.25) is 4.68 Å². The molecule has 0 unspecified atom stereocenters. The molecule has 2 aromatic heterocycles. The average molecular weight is 249 g/mol. The number of aryl methyl sites for hydroxylation is 2. The van der Waals surface area contributed by atoms with E-state index in [1.54, 1.807) is 16.4 Å². The monoisotopic (exact) mass is 249 g/mol. The maximum absolute atomic E-state index is 4.48. The minimum atomic E-state index is 0.829. The summed E-state index contributed by atoms with van der Waals surface area (Å²) < 4.78 is 1.78. The Hall–Kier alpha value is -1.56. The SMILES string of the molecule is CCc1nc(NC)cc(Sc2cnn(C)c2)n1. The molecule has 0 bridgehead atoms. The van der Waals surface area contributed by atoms with Gasteiger partial charge < -0.3 is 5.32 Å². The van der Waals surface area contributed by atoms with Gasteiger partial charge in [0.25, 0.3) is 0 Å². The molecule has 90 valence electrons. The fraction of sp³-hybridized carbons (Fsp3) is 0.364. The first kappa shape index (κ1) is 11.9. The van der Waals surface area contributed by atoms with E-state index in [1.165, 1.54) is 0 Å². The molecule has 1 N–H and O–H groups in total. The molecule has 2 heterocycles. The zero-order chi connectivity index (χ0) is 12.3. The maximum atomic E-state index is 4.48. The van der Waals surface area contributed by atoms with Crippen molar-refractivity contribution in [3.63, 3.8) is 0 Å². The van der Waals surface area contributed by atoms with Crippen LogP contribution in [-0.4, -0.2) is 26.8 Å². The Balaban J connectivity index is 2.25. The van der Waals surface area contributed by atoms with Crippen molar-refractivity contribution in [2.45, 2.75) is 23.3 Å². The lowest BCUT2D eigenvalue weighted by Gasteiger charge is -2.05. The largest absolute Gasteiger partial charge is 0.373 e. The van der Waals surface area contributed by atoms with E-state index < -0.39 is 0 Å². The van der Waals surface area contributed by atoms with E-state index in [1.807, 2.05) is 39.5 Å². The number of nitrogens with zero attached hydrogens (tertiary/aromatic N) is 4. The highest BCUT2D eigenvalue weighted by atomic mass is 32.2. The minimum Gasteiger partial charge on any atom is -0.373 e. The molecule has 5 nitrogen and oxygen atoms in total. The molecule has 0 saturated carbocycles. The van der Waals surface area contributed by atoms with Gasteiger partial charge in [0, 0.05) is 32.8 Å². The Morgan fingerprint density at radius 3 is 2.82 bits per heavy atom. The molecule has 0 aromatic carbocycles. The summed E-state index contributed by atoms with van der Waals surface area (Å²) in [5.41, 5.74) is 0.